The summed E-state index contributed by atoms with van der Waals surface area (Å²) in [5.74, 6) is -15.3. The van der Waals surface area contributed by atoms with Crippen LogP contribution in [0.3, 0.4) is 0 Å². The van der Waals surface area contributed by atoms with E-state index in [9.17, 15) is 61.5 Å². The van der Waals surface area contributed by atoms with Crippen molar-refractivity contribution >= 4 is 0 Å². The second kappa shape index (κ2) is 43.2. The van der Waals surface area contributed by atoms with Crippen molar-refractivity contribution in [3.8, 4) is 84.4 Å². The molecule has 10 aromatic carbocycles. The van der Waals surface area contributed by atoms with E-state index in [-0.39, 0.29) is 101 Å². The lowest BCUT2D eigenvalue weighted by Crippen LogP contribution is -2.30. The zero-order valence-corrected chi connectivity index (χ0v) is 66.7. The summed E-state index contributed by atoms with van der Waals surface area (Å²) in [5.41, 5.74) is 8.88. The van der Waals surface area contributed by atoms with Crippen LogP contribution in [0.1, 0.15) is 166 Å². The van der Waals surface area contributed by atoms with Gasteiger partial charge in [0.1, 0.15) is 0 Å². The molecule has 1 saturated heterocycles. The minimum Gasteiger partial charge on any atom is -0.491 e. The number of hydrogen-bond acceptors (Lipinski definition) is 7. The first-order valence-corrected chi connectivity index (χ1v) is 39.1. The Labute approximate surface area is 665 Å². The summed E-state index contributed by atoms with van der Waals surface area (Å²) in [5, 5.41) is 0. The van der Waals surface area contributed by atoms with Crippen LogP contribution in [0.15, 0.2) is 176 Å². The van der Waals surface area contributed by atoms with Crippen molar-refractivity contribution < 1.29 is 94.6 Å². The molecule has 0 aromatic heterocycles. The standard InChI is InChI=1S/C23H26F4O.C21H24F2O3.C18H20F2O.C17H16F4O.C15H14F2O/c1-3-23(26,27)18-11-9-16(10-12-18)15-5-7-17(8-6-15)19-13-14-20(28-4-2)22(25)21(19)24;1-3-5-14-12-25-21(26-13-14)16-8-6-15(7-9-16)17-10-11-18(24-4-2)20(23)19(17)22;1-4-6-13-7-8-14(11-12(13)3)15-9-10-16(21-5-2)18(20)17(15)19;1-3-17(20,21)12-7-5-11(6-8-12)13-9-10-14(22-4-2)16(19)15(13)18;1-3-18-13-8-7-12(14(16)15(13)17)11-6-4-5-10(2)9-11/h5-8,13-14,16,18H,3-4,9-12H2,1-2H3;6-11,14,21H,3-5,12-13H2,1-2H3;7-11H,4-6H2,1-3H3;5-10H,3-4H2,1-2H3;4-9H,3H2,1-2H3. The minimum atomic E-state index is -2.93. The van der Waals surface area contributed by atoms with Gasteiger partial charge in [0.05, 0.1) is 46.2 Å². The molecule has 2 aliphatic rings. The maximum atomic E-state index is 14.4. The van der Waals surface area contributed by atoms with Gasteiger partial charge in [-0.05, 0) is 198 Å². The first-order valence-electron chi connectivity index (χ1n) is 39.1. The highest BCUT2D eigenvalue weighted by atomic mass is 19.3. The minimum absolute atomic E-state index is 0.00678. The van der Waals surface area contributed by atoms with Crippen LogP contribution in [0.4, 0.5) is 61.5 Å². The highest BCUT2D eigenvalue weighted by Crippen LogP contribution is 2.45. The van der Waals surface area contributed by atoms with Crippen molar-refractivity contribution in [3.05, 3.63) is 267 Å². The van der Waals surface area contributed by atoms with Gasteiger partial charge in [0.25, 0.3) is 11.8 Å². The second-order valence-electron chi connectivity index (χ2n) is 27.8. The SMILES string of the molecule is CCCC1COC(c2ccc(-c3ccc(OCC)c(F)c3F)cc2)OC1.CCCc1ccc(-c2ccc(OCC)c(F)c2F)cc1C.CCOc1ccc(-c2ccc(C(F)(F)CC)cc2)c(F)c1F.CCOc1ccc(-c2ccc(C3CCC(C(F)(F)CC)CC3)cc2)c(F)c1F.CCOc1ccc(-c2cccc(C)c2)c(F)c1F. The molecule has 1 saturated carbocycles. The van der Waals surface area contributed by atoms with E-state index in [2.05, 4.69) is 13.8 Å². The Morgan fingerprint density at radius 1 is 0.357 bits per heavy atom. The van der Waals surface area contributed by atoms with E-state index in [1.54, 1.807) is 71.0 Å². The van der Waals surface area contributed by atoms with Crippen molar-refractivity contribution in [2.45, 2.75) is 164 Å². The lowest BCUT2D eigenvalue weighted by Gasteiger charge is -2.33. The summed E-state index contributed by atoms with van der Waals surface area (Å²) in [6, 6.07) is 47.3. The third-order valence-corrected chi connectivity index (χ3v) is 19.9. The van der Waals surface area contributed by atoms with E-state index in [4.69, 9.17) is 33.2 Å². The van der Waals surface area contributed by atoms with Crippen LogP contribution in [0.25, 0.3) is 55.6 Å². The molecule has 2 fully saturated rings. The molecule has 0 amide bonds. The van der Waals surface area contributed by atoms with Crippen LogP contribution in [-0.2, 0) is 21.8 Å². The number of rotatable bonds is 25. The van der Waals surface area contributed by atoms with Crippen molar-refractivity contribution in [1.82, 2.24) is 0 Å². The van der Waals surface area contributed by atoms with Crippen LogP contribution in [0, 0.1) is 83.9 Å². The highest BCUT2D eigenvalue weighted by molar-refractivity contribution is 5.70. The largest absolute Gasteiger partial charge is 0.491 e. The molecule has 10 aromatic rings. The maximum Gasteiger partial charge on any atom is 0.273 e. The molecule has 0 bridgehead atoms. The van der Waals surface area contributed by atoms with Crippen LogP contribution in [-0.4, -0.2) is 52.2 Å². The van der Waals surface area contributed by atoms with E-state index < -0.39 is 82.2 Å². The number of hydrogen-bond donors (Lipinski definition) is 0. The number of alkyl halides is 4. The van der Waals surface area contributed by atoms with Gasteiger partial charge in [-0.2, -0.15) is 22.0 Å². The van der Waals surface area contributed by atoms with Crippen molar-refractivity contribution in [2.24, 2.45) is 11.8 Å². The number of ether oxygens (including phenoxy) is 7. The number of halogens is 14. The molecular formula is C94H100F14O7. The van der Waals surface area contributed by atoms with Gasteiger partial charge < -0.3 is 33.2 Å². The Bertz CT molecular complexity index is 4750. The molecule has 7 nitrogen and oxygen atoms in total. The van der Waals surface area contributed by atoms with E-state index in [1.807, 2.05) is 74.5 Å². The summed E-state index contributed by atoms with van der Waals surface area (Å²) in [6.07, 6.45) is 5.92. The first kappa shape index (κ1) is 90.7. The monoisotopic (exact) mass is 1610 g/mol. The summed E-state index contributed by atoms with van der Waals surface area (Å²) in [6.45, 7) is 22.4. The van der Waals surface area contributed by atoms with Gasteiger partial charge >= 0.3 is 0 Å². The van der Waals surface area contributed by atoms with E-state index >= 15 is 0 Å². The average molecular weight is 1610 g/mol. The molecular weight excluding hydrogens is 1510 g/mol. The van der Waals surface area contributed by atoms with Crippen molar-refractivity contribution in [2.75, 3.05) is 46.2 Å². The lowest BCUT2D eigenvalue weighted by atomic mass is 9.76. The van der Waals surface area contributed by atoms with Gasteiger partial charge in [0.15, 0.2) is 64.1 Å². The fraction of sp³-hybridized carbons (Fsp3) is 0.362. The van der Waals surface area contributed by atoms with Gasteiger partial charge in [0.2, 0.25) is 29.1 Å². The quantitative estimate of drug-likeness (QED) is 0.0528. The van der Waals surface area contributed by atoms with Crippen LogP contribution in [0.2, 0.25) is 0 Å². The Kier molecular flexibility index (Phi) is 34.1. The zero-order chi connectivity index (χ0) is 83.7. The summed E-state index contributed by atoms with van der Waals surface area (Å²) >= 11 is 0. The summed E-state index contributed by atoms with van der Waals surface area (Å²) < 4.78 is 232. The zero-order valence-electron chi connectivity index (χ0n) is 66.7. The molecule has 0 radical (unpaired) electrons. The predicted octanol–water partition coefficient (Wildman–Crippen LogP) is 28.0. The van der Waals surface area contributed by atoms with E-state index in [0.717, 1.165) is 60.8 Å². The fourth-order valence-electron chi connectivity index (χ4n) is 13.6. The van der Waals surface area contributed by atoms with E-state index in [1.165, 1.54) is 98.3 Å². The maximum absolute atomic E-state index is 14.4. The third-order valence-electron chi connectivity index (χ3n) is 19.9. The van der Waals surface area contributed by atoms with Gasteiger partial charge in [-0.25, -0.2) is 39.5 Å². The number of benzene rings is 10. The molecule has 1 aliphatic heterocycles. The lowest BCUT2D eigenvalue weighted by molar-refractivity contribution is -0.206. The summed E-state index contributed by atoms with van der Waals surface area (Å²) in [7, 11) is 0. The Hall–Kier alpha value is -9.86. The molecule has 21 heteroatoms. The average Bonchev–Trinajstić information content (AvgIpc) is 0.827. The fourth-order valence-corrected chi connectivity index (χ4v) is 13.6. The molecule has 1 aliphatic carbocycles. The van der Waals surface area contributed by atoms with Crippen LogP contribution < -0.4 is 23.7 Å². The van der Waals surface area contributed by atoms with Gasteiger partial charge in [0, 0.05) is 63.6 Å². The number of aryl methyl sites for hydroxylation is 3. The molecule has 0 N–H and O–H groups in total. The van der Waals surface area contributed by atoms with E-state index in [0.29, 0.717) is 73.0 Å². The summed E-state index contributed by atoms with van der Waals surface area (Å²) in [4.78, 5) is 0. The molecule has 0 unspecified atom stereocenters. The predicted molar refractivity (Wildman–Crippen MR) is 425 cm³/mol. The molecule has 1 heterocycles. The van der Waals surface area contributed by atoms with Gasteiger partial charge in [-0.1, -0.05) is 161 Å². The second-order valence-corrected chi connectivity index (χ2v) is 27.8. The third kappa shape index (κ3) is 23.5. The molecule has 0 atom stereocenters. The molecule has 12 rings (SSSR count). The first-order chi connectivity index (χ1) is 55.1. The molecule has 0 spiro atoms. The molecule has 616 valence electrons. The van der Waals surface area contributed by atoms with Crippen LogP contribution in [0.5, 0.6) is 28.7 Å². The topological polar surface area (TPSA) is 64.6 Å². The van der Waals surface area contributed by atoms with Gasteiger partial charge in [-0.15, -0.1) is 0 Å². The highest BCUT2D eigenvalue weighted by Gasteiger charge is 2.40. The molecule has 115 heavy (non-hydrogen) atoms. The van der Waals surface area contributed by atoms with Crippen molar-refractivity contribution in [3.63, 3.8) is 0 Å². The van der Waals surface area contributed by atoms with Gasteiger partial charge in [-0.3, -0.25) is 0 Å². The Morgan fingerprint density at radius 2 is 0.713 bits per heavy atom. The van der Waals surface area contributed by atoms with Crippen LogP contribution >= 0.6 is 0 Å². The Balaban J connectivity index is 0.000000181. The normalized spacial score (nSPS) is 15.3. The van der Waals surface area contributed by atoms with Crippen molar-refractivity contribution in [1.29, 1.82) is 0 Å². The smallest absolute Gasteiger partial charge is 0.273 e. The Morgan fingerprint density at radius 3 is 1.05 bits per heavy atom.